The third kappa shape index (κ3) is 2.32. The van der Waals surface area contributed by atoms with Crippen molar-refractivity contribution in [1.29, 1.82) is 0 Å². The van der Waals surface area contributed by atoms with Crippen molar-refractivity contribution < 1.29 is 5.11 Å². The van der Waals surface area contributed by atoms with Crippen LogP contribution in [-0.4, -0.2) is 11.7 Å². The fraction of sp³-hybridized carbons (Fsp3) is 0.200. The van der Waals surface area contributed by atoms with E-state index in [9.17, 15) is 5.11 Å². The molecule has 0 aliphatic rings. The van der Waals surface area contributed by atoms with Gasteiger partial charge in [-0.2, -0.15) is 0 Å². The van der Waals surface area contributed by atoms with E-state index in [0.717, 1.165) is 15.6 Å². The lowest BCUT2D eigenvalue weighted by Crippen LogP contribution is -1.99. The van der Waals surface area contributed by atoms with Crippen molar-refractivity contribution in [2.45, 2.75) is 6.42 Å². The molecular formula is C10H12BrNO. The number of aromatic hydroxyl groups is 1. The second kappa shape index (κ2) is 4.44. The van der Waals surface area contributed by atoms with Gasteiger partial charge in [0, 0.05) is 10.0 Å². The molecule has 1 rings (SSSR count). The van der Waals surface area contributed by atoms with Crippen molar-refractivity contribution in [3.8, 4) is 5.75 Å². The Hall–Kier alpha value is -0.800. The van der Waals surface area contributed by atoms with Gasteiger partial charge in [0.2, 0.25) is 0 Å². The number of phenolic OH excluding ortho intramolecular Hbond substituents is 1. The number of halogens is 1. The van der Waals surface area contributed by atoms with Crippen molar-refractivity contribution in [2.24, 2.45) is 5.73 Å². The van der Waals surface area contributed by atoms with Crippen molar-refractivity contribution in [3.63, 3.8) is 0 Å². The SMILES string of the molecule is C=C(CCN)c1c(O)cccc1Br. The van der Waals surface area contributed by atoms with Gasteiger partial charge in [-0.3, -0.25) is 0 Å². The highest BCUT2D eigenvalue weighted by Crippen LogP contribution is 2.32. The topological polar surface area (TPSA) is 46.2 Å². The maximum atomic E-state index is 9.56. The van der Waals surface area contributed by atoms with Crippen LogP contribution in [0, 0.1) is 0 Å². The van der Waals surface area contributed by atoms with Crippen LogP contribution in [0.3, 0.4) is 0 Å². The fourth-order valence-corrected chi connectivity index (χ4v) is 1.80. The van der Waals surface area contributed by atoms with Crippen LogP contribution in [0.2, 0.25) is 0 Å². The third-order valence-corrected chi connectivity index (χ3v) is 2.45. The molecule has 0 saturated carbocycles. The average molecular weight is 242 g/mol. The summed E-state index contributed by atoms with van der Waals surface area (Å²) in [5.41, 5.74) is 7.02. The molecular weight excluding hydrogens is 230 g/mol. The molecule has 0 spiro atoms. The summed E-state index contributed by atoms with van der Waals surface area (Å²) in [6.07, 6.45) is 0.691. The van der Waals surface area contributed by atoms with Gasteiger partial charge in [-0.1, -0.05) is 28.6 Å². The number of phenols is 1. The van der Waals surface area contributed by atoms with Gasteiger partial charge in [0.05, 0.1) is 0 Å². The van der Waals surface area contributed by atoms with Crippen molar-refractivity contribution in [3.05, 3.63) is 34.8 Å². The minimum Gasteiger partial charge on any atom is -0.507 e. The van der Waals surface area contributed by atoms with E-state index >= 15 is 0 Å². The summed E-state index contributed by atoms with van der Waals surface area (Å²) in [4.78, 5) is 0. The molecule has 3 heteroatoms. The molecule has 0 radical (unpaired) electrons. The zero-order chi connectivity index (χ0) is 9.84. The Balaban J connectivity index is 3.05. The number of hydrogen-bond acceptors (Lipinski definition) is 2. The molecule has 0 saturated heterocycles. The highest BCUT2D eigenvalue weighted by atomic mass is 79.9. The molecule has 0 amide bonds. The number of hydrogen-bond donors (Lipinski definition) is 2. The second-order valence-electron chi connectivity index (χ2n) is 2.78. The first-order chi connectivity index (χ1) is 6.16. The Morgan fingerprint density at radius 3 is 2.77 bits per heavy atom. The van der Waals surface area contributed by atoms with E-state index in [1.165, 1.54) is 0 Å². The van der Waals surface area contributed by atoms with E-state index in [0.29, 0.717) is 13.0 Å². The van der Waals surface area contributed by atoms with Crippen LogP contribution < -0.4 is 5.73 Å². The van der Waals surface area contributed by atoms with Crippen LogP contribution in [-0.2, 0) is 0 Å². The van der Waals surface area contributed by atoms with E-state index in [2.05, 4.69) is 22.5 Å². The van der Waals surface area contributed by atoms with Crippen LogP contribution in [0.25, 0.3) is 5.57 Å². The van der Waals surface area contributed by atoms with Crippen molar-refractivity contribution in [2.75, 3.05) is 6.54 Å². The van der Waals surface area contributed by atoms with Crippen LogP contribution in [0.1, 0.15) is 12.0 Å². The summed E-state index contributed by atoms with van der Waals surface area (Å²) in [6.45, 7) is 4.41. The minimum atomic E-state index is 0.243. The first-order valence-electron chi connectivity index (χ1n) is 4.02. The van der Waals surface area contributed by atoms with Crippen LogP contribution in [0.4, 0.5) is 0 Å². The lowest BCUT2D eigenvalue weighted by atomic mass is 10.0. The van der Waals surface area contributed by atoms with Gasteiger partial charge >= 0.3 is 0 Å². The minimum absolute atomic E-state index is 0.243. The van der Waals surface area contributed by atoms with Crippen LogP contribution in [0.15, 0.2) is 29.3 Å². The van der Waals surface area contributed by atoms with Crippen molar-refractivity contribution in [1.82, 2.24) is 0 Å². The maximum absolute atomic E-state index is 9.56. The summed E-state index contributed by atoms with van der Waals surface area (Å²) in [5, 5.41) is 9.56. The predicted molar refractivity (Wildman–Crippen MR) is 58.5 cm³/mol. The molecule has 0 bridgehead atoms. The molecule has 13 heavy (non-hydrogen) atoms. The Morgan fingerprint density at radius 2 is 2.23 bits per heavy atom. The van der Waals surface area contributed by atoms with E-state index in [4.69, 9.17) is 5.73 Å². The van der Waals surface area contributed by atoms with Crippen LogP contribution >= 0.6 is 15.9 Å². The monoisotopic (exact) mass is 241 g/mol. The molecule has 3 N–H and O–H groups in total. The summed E-state index contributed by atoms with van der Waals surface area (Å²) < 4.78 is 0.853. The molecule has 0 aromatic heterocycles. The zero-order valence-electron chi connectivity index (χ0n) is 7.26. The first-order valence-corrected chi connectivity index (χ1v) is 4.81. The summed E-state index contributed by atoms with van der Waals surface area (Å²) in [5.74, 6) is 0.243. The smallest absolute Gasteiger partial charge is 0.124 e. The summed E-state index contributed by atoms with van der Waals surface area (Å²) in [6, 6.07) is 5.29. The first kappa shape index (κ1) is 10.3. The lowest BCUT2D eigenvalue weighted by molar-refractivity contribution is 0.473. The second-order valence-corrected chi connectivity index (χ2v) is 3.63. The highest BCUT2D eigenvalue weighted by Gasteiger charge is 2.07. The maximum Gasteiger partial charge on any atom is 0.124 e. The molecule has 0 fully saturated rings. The standard InChI is InChI=1S/C10H12BrNO/c1-7(5-6-12)10-8(11)3-2-4-9(10)13/h2-4,13H,1,5-6,12H2. The summed E-state index contributed by atoms with van der Waals surface area (Å²) in [7, 11) is 0. The summed E-state index contributed by atoms with van der Waals surface area (Å²) >= 11 is 3.36. The lowest BCUT2D eigenvalue weighted by Gasteiger charge is -2.08. The molecule has 0 heterocycles. The number of rotatable bonds is 3. The van der Waals surface area contributed by atoms with Gasteiger partial charge < -0.3 is 10.8 Å². The number of benzene rings is 1. The number of nitrogens with two attached hydrogens (primary N) is 1. The van der Waals surface area contributed by atoms with Gasteiger partial charge in [-0.05, 0) is 30.7 Å². The van der Waals surface area contributed by atoms with Gasteiger partial charge in [-0.25, -0.2) is 0 Å². The zero-order valence-corrected chi connectivity index (χ0v) is 8.84. The normalized spacial score (nSPS) is 10.0. The average Bonchev–Trinajstić information content (AvgIpc) is 2.04. The molecule has 0 aliphatic carbocycles. The fourth-order valence-electron chi connectivity index (χ4n) is 1.16. The largest absolute Gasteiger partial charge is 0.507 e. The van der Waals surface area contributed by atoms with E-state index in [1.807, 2.05) is 6.07 Å². The van der Waals surface area contributed by atoms with Gasteiger partial charge in [0.1, 0.15) is 5.75 Å². The van der Waals surface area contributed by atoms with Gasteiger partial charge in [0.25, 0.3) is 0 Å². The Kier molecular flexibility index (Phi) is 3.51. The molecule has 1 aromatic carbocycles. The predicted octanol–water partition coefficient (Wildman–Crippen LogP) is 2.52. The molecule has 0 atom stereocenters. The quantitative estimate of drug-likeness (QED) is 0.855. The molecule has 0 aliphatic heterocycles. The molecule has 0 unspecified atom stereocenters. The molecule has 70 valence electrons. The van der Waals surface area contributed by atoms with E-state index < -0.39 is 0 Å². The van der Waals surface area contributed by atoms with Crippen LogP contribution in [0.5, 0.6) is 5.75 Å². The Labute approximate surface area is 86.2 Å². The van der Waals surface area contributed by atoms with Gasteiger partial charge in [-0.15, -0.1) is 0 Å². The van der Waals surface area contributed by atoms with Gasteiger partial charge in [0.15, 0.2) is 0 Å². The molecule has 2 nitrogen and oxygen atoms in total. The molecule has 1 aromatic rings. The van der Waals surface area contributed by atoms with Crippen molar-refractivity contribution >= 4 is 21.5 Å². The Morgan fingerprint density at radius 1 is 1.54 bits per heavy atom. The Bertz CT molecular complexity index is 302. The highest BCUT2D eigenvalue weighted by molar-refractivity contribution is 9.10. The van der Waals surface area contributed by atoms with E-state index in [-0.39, 0.29) is 5.75 Å². The third-order valence-electron chi connectivity index (χ3n) is 1.79. The van der Waals surface area contributed by atoms with E-state index in [1.54, 1.807) is 12.1 Å².